The number of hydrazone groups is 1. The van der Waals surface area contributed by atoms with Gasteiger partial charge in [0.2, 0.25) is 0 Å². The Bertz CT molecular complexity index is 185. The highest BCUT2D eigenvalue weighted by Gasteiger charge is 1.96. The van der Waals surface area contributed by atoms with Gasteiger partial charge in [0, 0.05) is 19.5 Å². The van der Waals surface area contributed by atoms with Crippen LogP contribution >= 0.6 is 0 Å². The van der Waals surface area contributed by atoms with Crippen LogP contribution in [0, 0.1) is 0 Å². The van der Waals surface area contributed by atoms with Crippen LogP contribution in [0.2, 0.25) is 0 Å². The molecule has 0 aromatic carbocycles. The van der Waals surface area contributed by atoms with E-state index in [1.165, 1.54) is 37.7 Å². The van der Waals surface area contributed by atoms with Crippen LogP contribution in [0.5, 0.6) is 0 Å². The Morgan fingerprint density at radius 2 is 1.93 bits per heavy atom. The van der Waals surface area contributed by atoms with Gasteiger partial charge in [0.05, 0.1) is 0 Å². The van der Waals surface area contributed by atoms with Crippen molar-refractivity contribution in [3.8, 4) is 0 Å². The fourth-order valence-electron chi connectivity index (χ4n) is 1.55. The molecule has 0 saturated heterocycles. The van der Waals surface area contributed by atoms with Gasteiger partial charge in [-0.1, -0.05) is 38.7 Å². The maximum Gasteiger partial charge on any atom is 0.0406 e. The highest BCUT2D eigenvalue weighted by atomic mass is 15.4. The zero-order valence-electron chi connectivity index (χ0n) is 10.6. The summed E-state index contributed by atoms with van der Waals surface area (Å²) in [6.07, 6.45) is 9.73. The number of allylic oxidation sites excluding steroid dienone is 1. The summed E-state index contributed by atoms with van der Waals surface area (Å²) >= 11 is 0. The minimum atomic E-state index is 0.968. The molecule has 0 aromatic heterocycles. The Hall–Kier alpha value is -0.790. The number of unbranched alkanes of at least 4 members (excludes halogenated alkanes) is 3. The van der Waals surface area contributed by atoms with Crippen LogP contribution < -0.4 is 0 Å². The average molecular weight is 210 g/mol. The van der Waals surface area contributed by atoms with Crippen LogP contribution in [0.1, 0.15) is 59.3 Å². The summed E-state index contributed by atoms with van der Waals surface area (Å²) in [7, 11) is 0. The van der Waals surface area contributed by atoms with Crippen molar-refractivity contribution in [2.24, 2.45) is 5.10 Å². The summed E-state index contributed by atoms with van der Waals surface area (Å²) in [5.74, 6) is 0. The molecule has 2 nitrogen and oxygen atoms in total. The molecule has 88 valence electrons. The minimum absolute atomic E-state index is 0.968. The topological polar surface area (TPSA) is 15.6 Å². The van der Waals surface area contributed by atoms with E-state index in [4.69, 9.17) is 0 Å². The van der Waals surface area contributed by atoms with Crippen LogP contribution in [0.15, 0.2) is 16.9 Å². The third-order valence-electron chi connectivity index (χ3n) is 2.43. The lowest BCUT2D eigenvalue weighted by molar-refractivity contribution is 0.397. The Morgan fingerprint density at radius 1 is 1.20 bits per heavy atom. The molecule has 0 rings (SSSR count). The minimum Gasteiger partial charge on any atom is -0.273 e. The van der Waals surface area contributed by atoms with Crippen LogP contribution in [0.4, 0.5) is 0 Å². The number of hydrogen-bond donors (Lipinski definition) is 0. The lowest BCUT2D eigenvalue weighted by atomic mass is 10.1. The monoisotopic (exact) mass is 210 g/mol. The molecule has 0 spiro atoms. The molecule has 0 bridgehead atoms. The quantitative estimate of drug-likeness (QED) is 0.316. The Kier molecular flexibility index (Phi) is 9.24. The molecule has 15 heavy (non-hydrogen) atoms. The van der Waals surface area contributed by atoms with E-state index in [0.717, 1.165) is 13.0 Å². The molecular weight excluding hydrogens is 184 g/mol. The van der Waals surface area contributed by atoms with Gasteiger partial charge in [-0.3, -0.25) is 5.01 Å². The van der Waals surface area contributed by atoms with Gasteiger partial charge >= 0.3 is 0 Å². The average Bonchev–Trinajstić information content (AvgIpc) is 2.24. The second-order valence-electron chi connectivity index (χ2n) is 4.09. The van der Waals surface area contributed by atoms with Crippen LogP contribution in [-0.4, -0.2) is 18.3 Å². The maximum atomic E-state index is 3.97. The van der Waals surface area contributed by atoms with E-state index in [1.807, 2.05) is 5.01 Å². The standard InChI is InChI=1S/C13H26N2/c1-5-7-8-9-10-13(3)12-15(14-4)11-6-2/h12H,4-11H2,1-3H3/b13-12+. The van der Waals surface area contributed by atoms with Crippen molar-refractivity contribution in [2.75, 3.05) is 6.54 Å². The van der Waals surface area contributed by atoms with E-state index < -0.39 is 0 Å². The summed E-state index contributed by atoms with van der Waals surface area (Å²) in [4.78, 5) is 0. The first kappa shape index (κ1) is 14.2. The molecule has 0 amide bonds. The van der Waals surface area contributed by atoms with E-state index in [-0.39, 0.29) is 0 Å². The van der Waals surface area contributed by atoms with Gasteiger partial charge in [-0.05, 0) is 26.2 Å². The zero-order chi connectivity index (χ0) is 11.5. The highest BCUT2D eigenvalue weighted by Crippen LogP contribution is 2.10. The number of rotatable bonds is 9. The molecule has 0 unspecified atom stereocenters. The van der Waals surface area contributed by atoms with E-state index in [2.05, 4.69) is 38.8 Å². The van der Waals surface area contributed by atoms with Gasteiger partial charge in [0.1, 0.15) is 0 Å². The molecule has 0 aromatic rings. The summed E-state index contributed by atoms with van der Waals surface area (Å²) in [5.41, 5.74) is 1.41. The molecule has 0 saturated carbocycles. The maximum absolute atomic E-state index is 3.97. The normalized spacial score (nSPS) is 11.5. The molecule has 0 radical (unpaired) electrons. The third-order valence-corrected chi connectivity index (χ3v) is 2.43. The van der Waals surface area contributed by atoms with Crippen molar-refractivity contribution in [2.45, 2.75) is 59.3 Å². The fraction of sp³-hybridized carbons (Fsp3) is 0.769. The fourth-order valence-corrected chi connectivity index (χ4v) is 1.55. The predicted octanol–water partition coefficient (Wildman–Crippen LogP) is 4.19. The van der Waals surface area contributed by atoms with Gasteiger partial charge in [-0.15, -0.1) is 0 Å². The lowest BCUT2D eigenvalue weighted by Gasteiger charge is -2.13. The lowest BCUT2D eigenvalue weighted by Crippen LogP contribution is -2.10. The molecule has 2 heteroatoms. The van der Waals surface area contributed by atoms with Crippen LogP contribution in [-0.2, 0) is 0 Å². The summed E-state index contributed by atoms with van der Waals surface area (Å²) < 4.78 is 0. The van der Waals surface area contributed by atoms with Crippen LogP contribution in [0.25, 0.3) is 0 Å². The second-order valence-corrected chi connectivity index (χ2v) is 4.09. The van der Waals surface area contributed by atoms with Gasteiger partial charge < -0.3 is 0 Å². The van der Waals surface area contributed by atoms with Gasteiger partial charge in [0.25, 0.3) is 0 Å². The Balaban J connectivity index is 3.78. The zero-order valence-corrected chi connectivity index (χ0v) is 10.6. The summed E-state index contributed by atoms with van der Waals surface area (Å²) in [6.45, 7) is 11.1. The van der Waals surface area contributed by atoms with Gasteiger partial charge in [0.15, 0.2) is 0 Å². The first-order chi connectivity index (χ1) is 7.24. The van der Waals surface area contributed by atoms with Crippen molar-refractivity contribution in [1.82, 2.24) is 5.01 Å². The molecular formula is C13H26N2. The van der Waals surface area contributed by atoms with E-state index in [0.29, 0.717) is 0 Å². The Morgan fingerprint density at radius 3 is 2.47 bits per heavy atom. The summed E-state index contributed by atoms with van der Waals surface area (Å²) in [5, 5.41) is 5.91. The smallest absolute Gasteiger partial charge is 0.0406 e. The van der Waals surface area contributed by atoms with Gasteiger partial charge in [-0.2, -0.15) is 5.10 Å². The van der Waals surface area contributed by atoms with Crippen molar-refractivity contribution in [3.05, 3.63) is 11.8 Å². The SMILES string of the molecule is C=NN(/C=C(\C)CCCCCC)CCC. The Labute approximate surface area is 95.1 Å². The van der Waals surface area contributed by atoms with Crippen LogP contribution in [0.3, 0.4) is 0 Å². The van der Waals surface area contributed by atoms with Crippen molar-refractivity contribution in [3.63, 3.8) is 0 Å². The molecule has 0 aliphatic rings. The molecule has 0 aliphatic carbocycles. The highest BCUT2D eigenvalue weighted by molar-refractivity contribution is 5.23. The number of nitrogens with zero attached hydrogens (tertiary/aromatic N) is 2. The second kappa shape index (κ2) is 9.75. The van der Waals surface area contributed by atoms with Gasteiger partial charge in [-0.25, -0.2) is 0 Å². The third kappa shape index (κ3) is 8.22. The van der Waals surface area contributed by atoms with E-state index in [1.54, 1.807) is 0 Å². The molecule has 0 fully saturated rings. The largest absolute Gasteiger partial charge is 0.273 e. The molecule has 0 heterocycles. The predicted molar refractivity (Wildman–Crippen MR) is 69.1 cm³/mol. The molecule has 0 aliphatic heterocycles. The van der Waals surface area contributed by atoms with E-state index >= 15 is 0 Å². The van der Waals surface area contributed by atoms with Crippen molar-refractivity contribution in [1.29, 1.82) is 0 Å². The molecule has 0 N–H and O–H groups in total. The first-order valence-corrected chi connectivity index (χ1v) is 6.15. The summed E-state index contributed by atoms with van der Waals surface area (Å²) in [6, 6.07) is 0. The molecule has 0 atom stereocenters. The number of hydrogen-bond acceptors (Lipinski definition) is 2. The first-order valence-electron chi connectivity index (χ1n) is 6.15. The van der Waals surface area contributed by atoms with E-state index in [9.17, 15) is 0 Å². The van der Waals surface area contributed by atoms with Crippen molar-refractivity contribution < 1.29 is 0 Å². The van der Waals surface area contributed by atoms with Crippen molar-refractivity contribution >= 4 is 6.72 Å².